The maximum absolute atomic E-state index is 11.1. The first-order valence-corrected chi connectivity index (χ1v) is 6.71. The molecule has 0 bridgehead atoms. The van der Waals surface area contributed by atoms with Crippen LogP contribution in [0.3, 0.4) is 0 Å². The maximum atomic E-state index is 11.1. The summed E-state index contributed by atoms with van der Waals surface area (Å²) in [5.41, 5.74) is 0.385. The molecule has 0 aliphatic carbocycles. The highest BCUT2D eigenvalue weighted by Gasteiger charge is 2.31. The Morgan fingerprint density at radius 1 is 1.00 bits per heavy atom. The molecular formula is C17H20O3. The molecule has 0 saturated heterocycles. The third kappa shape index (κ3) is 3.00. The molecule has 0 aromatic heterocycles. The van der Waals surface area contributed by atoms with E-state index in [0.29, 0.717) is 6.61 Å². The van der Waals surface area contributed by atoms with E-state index in [0.717, 1.165) is 16.9 Å². The van der Waals surface area contributed by atoms with Crippen molar-refractivity contribution in [1.82, 2.24) is 0 Å². The largest absolute Gasteiger partial charge is 0.494 e. The van der Waals surface area contributed by atoms with Crippen molar-refractivity contribution in [3.63, 3.8) is 0 Å². The molecule has 20 heavy (non-hydrogen) atoms. The zero-order valence-corrected chi connectivity index (χ0v) is 11.9. The minimum Gasteiger partial charge on any atom is -0.494 e. The Morgan fingerprint density at radius 3 is 2.35 bits per heavy atom. The fourth-order valence-corrected chi connectivity index (χ4v) is 2.27. The molecule has 2 aromatic carbocycles. The lowest BCUT2D eigenvalue weighted by molar-refractivity contribution is -0.00342. The molecule has 0 spiro atoms. The van der Waals surface area contributed by atoms with Crippen LogP contribution in [0.5, 0.6) is 5.75 Å². The van der Waals surface area contributed by atoms with Crippen molar-refractivity contribution < 1.29 is 14.6 Å². The zero-order valence-electron chi connectivity index (χ0n) is 11.9. The van der Waals surface area contributed by atoms with Crippen molar-refractivity contribution >= 4 is 0 Å². The number of rotatable bonds is 6. The minimum atomic E-state index is -1.18. The van der Waals surface area contributed by atoms with Crippen LogP contribution in [0.2, 0.25) is 0 Å². The Balaban J connectivity index is 2.45. The van der Waals surface area contributed by atoms with Gasteiger partial charge in [-0.25, -0.2) is 0 Å². The monoisotopic (exact) mass is 272 g/mol. The maximum Gasteiger partial charge on any atom is 0.138 e. The van der Waals surface area contributed by atoms with Crippen molar-refractivity contribution in [2.45, 2.75) is 12.5 Å². The molecule has 1 N–H and O–H groups in total. The molecule has 3 nitrogen and oxygen atoms in total. The van der Waals surface area contributed by atoms with E-state index in [4.69, 9.17) is 9.47 Å². The van der Waals surface area contributed by atoms with E-state index in [9.17, 15) is 5.11 Å². The fourth-order valence-electron chi connectivity index (χ4n) is 2.27. The molecule has 2 aromatic rings. The molecule has 0 aliphatic rings. The molecule has 0 fully saturated rings. The average Bonchev–Trinajstić information content (AvgIpc) is 2.49. The third-order valence-corrected chi connectivity index (χ3v) is 3.23. The lowest BCUT2D eigenvalue weighted by Gasteiger charge is -2.29. The van der Waals surface area contributed by atoms with E-state index in [-0.39, 0.29) is 6.61 Å². The smallest absolute Gasteiger partial charge is 0.138 e. The van der Waals surface area contributed by atoms with Gasteiger partial charge in [-0.2, -0.15) is 0 Å². The van der Waals surface area contributed by atoms with Crippen LogP contribution in [0.15, 0.2) is 54.6 Å². The molecule has 0 saturated carbocycles. The molecule has 0 amide bonds. The van der Waals surface area contributed by atoms with Gasteiger partial charge in [-0.15, -0.1) is 0 Å². The zero-order chi connectivity index (χ0) is 14.4. The summed E-state index contributed by atoms with van der Waals surface area (Å²) in [6, 6.07) is 17.0. The molecule has 106 valence electrons. The molecular weight excluding hydrogens is 252 g/mol. The van der Waals surface area contributed by atoms with E-state index >= 15 is 0 Å². The van der Waals surface area contributed by atoms with Gasteiger partial charge in [0.2, 0.25) is 0 Å². The lowest BCUT2D eigenvalue weighted by atomic mass is 9.87. The van der Waals surface area contributed by atoms with Crippen molar-refractivity contribution in [2.24, 2.45) is 0 Å². The van der Waals surface area contributed by atoms with Crippen LogP contribution in [0.1, 0.15) is 18.1 Å². The van der Waals surface area contributed by atoms with Crippen LogP contribution in [-0.2, 0) is 10.3 Å². The van der Waals surface area contributed by atoms with Gasteiger partial charge >= 0.3 is 0 Å². The normalized spacial score (nSPS) is 13.8. The second-order valence-corrected chi connectivity index (χ2v) is 4.62. The second-order valence-electron chi connectivity index (χ2n) is 4.62. The number of benzene rings is 2. The van der Waals surface area contributed by atoms with Gasteiger partial charge in [0.1, 0.15) is 11.4 Å². The van der Waals surface area contributed by atoms with Crippen LogP contribution in [0.25, 0.3) is 0 Å². The Morgan fingerprint density at radius 2 is 1.70 bits per heavy atom. The number of hydrogen-bond acceptors (Lipinski definition) is 3. The van der Waals surface area contributed by atoms with Crippen LogP contribution in [-0.4, -0.2) is 25.4 Å². The SMILES string of the molecule is CCOc1cccc(C(O)(COC)c2ccccc2)c1. The standard InChI is InChI=1S/C17H20O3/c1-3-20-16-11-7-10-15(12-16)17(18,13-19-2)14-8-5-4-6-9-14/h4-12,18H,3,13H2,1-2H3. The van der Waals surface area contributed by atoms with E-state index in [1.54, 1.807) is 7.11 Å². The molecule has 0 heterocycles. The van der Waals surface area contributed by atoms with Crippen molar-refractivity contribution in [3.8, 4) is 5.75 Å². The van der Waals surface area contributed by atoms with Gasteiger partial charge in [0.25, 0.3) is 0 Å². The Bertz CT molecular complexity index is 539. The highest BCUT2D eigenvalue weighted by atomic mass is 16.5. The first kappa shape index (κ1) is 14.6. The highest BCUT2D eigenvalue weighted by Crippen LogP contribution is 2.31. The topological polar surface area (TPSA) is 38.7 Å². The van der Waals surface area contributed by atoms with Crippen LogP contribution in [0.4, 0.5) is 0 Å². The Kier molecular flexibility index (Phi) is 4.77. The van der Waals surface area contributed by atoms with Gasteiger partial charge in [0, 0.05) is 7.11 Å². The first-order chi connectivity index (χ1) is 9.70. The summed E-state index contributed by atoms with van der Waals surface area (Å²) in [5.74, 6) is 0.746. The van der Waals surface area contributed by atoms with Gasteiger partial charge in [0.05, 0.1) is 13.2 Å². The molecule has 0 aliphatic heterocycles. The van der Waals surface area contributed by atoms with Gasteiger partial charge in [-0.1, -0.05) is 42.5 Å². The highest BCUT2D eigenvalue weighted by molar-refractivity contribution is 5.40. The minimum absolute atomic E-state index is 0.187. The summed E-state index contributed by atoms with van der Waals surface area (Å²) in [6.07, 6.45) is 0. The average molecular weight is 272 g/mol. The molecule has 2 rings (SSSR count). The summed E-state index contributed by atoms with van der Waals surface area (Å²) in [7, 11) is 1.58. The van der Waals surface area contributed by atoms with Crippen molar-refractivity contribution in [2.75, 3.05) is 20.3 Å². The predicted molar refractivity (Wildman–Crippen MR) is 78.9 cm³/mol. The summed E-state index contributed by atoms with van der Waals surface area (Å²) in [5, 5.41) is 11.1. The molecule has 1 atom stereocenters. The summed E-state index contributed by atoms with van der Waals surface area (Å²) >= 11 is 0. The van der Waals surface area contributed by atoms with E-state index < -0.39 is 5.60 Å². The number of hydrogen-bond donors (Lipinski definition) is 1. The molecule has 1 unspecified atom stereocenters. The third-order valence-electron chi connectivity index (χ3n) is 3.23. The second kappa shape index (κ2) is 6.55. The quantitative estimate of drug-likeness (QED) is 0.878. The van der Waals surface area contributed by atoms with Gasteiger partial charge in [-0.05, 0) is 30.2 Å². The number of methoxy groups -OCH3 is 1. The van der Waals surface area contributed by atoms with Crippen molar-refractivity contribution in [1.29, 1.82) is 0 Å². The van der Waals surface area contributed by atoms with E-state index in [1.807, 2.05) is 61.5 Å². The Labute approximate surface area is 119 Å². The lowest BCUT2D eigenvalue weighted by Crippen LogP contribution is -2.32. The van der Waals surface area contributed by atoms with Crippen LogP contribution >= 0.6 is 0 Å². The van der Waals surface area contributed by atoms with Crippen molar-refractivity contribution in [3.05, 3.63) is 65.7 Å². The van der Waals surface area contributed by atoms with Gasteiger partial charge in [-0.3, -0.25) is 0 Å². The molecule has 0 radical (unpaired) electrons. The Hall–Kier alpha value is -1.84. The fraction of sp³-hybridized carbons (Fsp3) is 0.294. The van der Waals surface area contributed by atoms with Gasteiger partial charge < -0.3 is 14.6 Å². The summed E-state index contributed by atoms with van der Waals surface area (Å²) in [6.45, 7) is 2.72. The molecule has 3 heteroatoms. The predicted octanol–water partition coefficient (Wildman–Crippen LogP) is 2.97. The van der Waals surface area contributed by atoms with Gasteiger partial charge in [0.15, 0.2) is 0 Å². The summed E-state index contributed by atoms with van der Waals surface area (Å²) < 4.78 is 10.7. The first-order valence-electron chi connectivity index (χ1n) is 6.71. The van der Waals surface area contributed by atoms with Crippen LogP contribution < -0.4 is 4.74 Å². The van der Waals surface area contributed by atoms with Crippen LogP contribution in [0, 0.1) is 0 Å². The number of aliphatic hydroxyl groups is 1. The van der Waals surface area contributed by atoms with E-state index in [2.05, 4.69) is 0 Å². The summed E-state index contributed by atoms with van der Waals surface area (Å²) in [4.78, 5) is 0. The van der Waals surface area contributed by atoms with E-state index in [1.165, 1.54) is 0 Å². The number of ether oxygens (including phenoxy) is 2.